The summed E-state index contributed by atoms with van der Waals surface area (Å²) in [6.07, 6.45) is 0. The molecular weight excluding hydrogens is 316 g/mol. The normalized spacial score (nSPS) is 7.27. The van der Waals surface area contributed by atoms with E-state index in [0.29, 0.717) is 0 Å². The van der Waals surface area contributed by atoms with Crippen molar-refractivity contribution in [3.8, 4) is 71.0 Å². The largest absolute Gasteiger partial charge is 0.392 e. The number of benzene rings is 2. The van der Waals surface area contributed by atoms with Crippen molar-refractivity contribution >= 4 is 0 Å². The molecule has 0 saturated carbocycles. The molecule has 2 aromatic rings. The summed E-state index contributed by atoms with van der Waals surface area (Å²) in [5, 5.41) is 8.95. The van der Waals surface area contributed by atoms with Gasteiger partial charge in [0.05, 0.1) is 6.61 Å². The summed E-state index contributed by atoms with van der Waals surface area (Å²) in [4.78, 5) is 0. The average molecular weight is 328 g/mol. The minimum Gasteiger partial charge on any atom is -0.392 e. The highest BCUT2D eigenvalue weighted by molar-refractivity contribution is 5.47. The molecule has 0 aliphatic rings. The Kier molecular flexibility index (Phi) is 7.88. The van der Waals surface area contributed by atoms with E-state index in [9.17, 15) is 0 Å². The predicted molar refractivity (Wildman–Crippen MR) is 104 cm³/mol. The Morgan fingerprint density at radius 3 is 1.38 bits per heavy atom. The zero-order valence-corrected chi connectivity index (χ0v) is 13.9. The van der Waals surface area contributed by atoms with Gasteiger partial charge in [0.2, 0.25) is 0 Å². The third-order valence-corrected chi connectivity index (χ3v) is 2.89. The molecule has 26 heavy (non-hydrogen) atoms. The smallest absolute Gasteiger partial charge is 0.0681 e. The topological polar surface area (TPSA) is 20.2 Å². The van der Waals surface area contributed by atoms with Gasteiger partial charge in [0, 0.05) is 11.1 Å². The van der Waals surface area contributed by atoms with Crippen LogP contribution in [-0.2, 0) is 6.61 Å². The van der Waals surface area contributed by atoms with Gasteiger partial charge in [0.15, 0.2) is 0 Å². The molecule has 0 fully saturated rings. The van der Waals surface area contributed by atoms with Crippen molar-refractivity contribution in [3.05, 3.63) is 71.3 Å². The number of aliphatic hydroxyl groups is 1. The van der Waals surface area contributed by atoms with E-state index in [0.717, 1.165) is 16.7 Å². The lowest BCUT2D eigenvalue weighted by atomic mass is 10.1. The summed E-state index contributed by atoms with van der Waals surface area (Å²) >= 11 is 0. The van der Waals surface area contributed by atoms with Gasteiger partial charge >= 0.3 is 0 Å². The van der Waals surface area contributed by atoms with Crippen LogP contribution in [0.15, 0.2) is 54.6 Å². The molecule has 0 bridgehead atoms. The molecule has 0 aromatic heterocycles. The van der Waals surface area contributed by atoms with E-state index < -0.39 is 0 Å². The van der Waals surface area contributed by atoms with E-state index in [1.165, 1.54) is 0 Å². The van der Waals surface area contributed by atoms with Gasteiger partial charge in [0.1, 0.15) is 0 Å². The van der Waals surface area contributed by atoms with E-state index in [-0.39, 0.29) is 6.61 Å². The van der Waals surface area contributed by atoms with Crippen LogP contribution in [0.3, 0.4) is 0 Å². The molecule has 0 aliphatic heterocycles. The van der Waals surface area contributed by atoms with Crippen molar-refractivity contribution in [3.63, 3.8) is 0 Å². The number of aliphatic hydroxyl groups excluding tert-OH is 1. The lowest BCUT2D eigenvalue weighted by Gasteiger charge is -1.93. The fourth-order valence-corrected chi connectivity index (χ4v) is 1.67. The highest BCUT2D eigenvalue weighted by Crippen LogP contribution is 2.02. The molecule has 1 N–H and O–H groups in total. The van der Waals surface area contributed by atoms with Gasteiger partial charge in [-0.05, 0) is 89.0 Å². The van der Waals surface area contributed by atoms with Crippen molar-refractivity contribution < 1.29 is 5.11 Å². The van der Waals surface area contributed by atoms with Crippen LogP contribution in [0, 0.1) is 71.0 Å². The highest BCUT2D eigenvalue weighted by Gasteiger charge is 1.88. The SMILES string of the molecule is OCc1ccc(C#CC#CC#CC#CC#CC#Cc2ccccc2)cc1. The highest BCUT2D eigenvalue weighted by atomic mass is 16.3. The van der Waals surface area contributed by atoms with Crippen LogP contribution in [0.2, 0.25) is 0 Å². The summed E-state index contributed by atoms with van der Waals surface area (Å²) in [5.41, 5.74) is 2.59. The number of rotatable bonds is 1. The van der Waals surface area contributed by atoms with Gasteiger partial charge in [-0.3, -0.25) is 0 Å². The molecule has 0 atom stereocenters. The van der Waals surface area contributed by atoms with Crippen molar-refractivity contribution in [1.82, 2.24) is 0 Å². The van der Waals surface area contributed by atoms with Gasteiger partial charge in [-0.15, -0.1) is 0 Å². The third-order valence-electron chi connectivity index (χ3n) is 2.89. The van der Waals surface area contributed by atoms with E-state index in [1.54, 1.807) is 0 Å². The van der Waals surface area contributed by atoms with Crippen LogP contribution >= 0.6 is 0 Å². The summed E-state index contributed by atoms with van der Waals surface area (Å²) < 4.78 is 0. The molecular formula is C25H12O. The molecule has 0 unspecified atom stereocenters. The Morgan fingerprint density at radius 1 is 0.500 bits per heavy atom. The Bertz CT molecular complexity index is 1110. The third kappa shape index (κ3) is 7.35. The standard InChI is InChI=1S/C25H12O/c26-22-25-20-18-24(19-21-25)17-11-8-6-4-2-1-3-5-7-10-14-23-15-12-9-13-16-23/h9,12-13,15-16,18-21,26H,22H2. The van der Waals surface area contributed by atoms with Gasteiger partial charge in [-0.1, -0.05) is 42.2 Å². The molecule has 1 nitrogen and oxygen atoms in total. The Morgan fingerprint density at radius 2 is 0.923 bits per heavy atom. The fraction of sp³-hybridized carbons (Fsp3) is 0.0400. The van der Waals surface area contributed by atoms with Crippen LogP contribution in [-0.4, -0.2) is 5.11 Å². The second-order valence-electron chi connectivity index (χ2n) is 4.72. The molecule has 0 radical (unpaired) electrons. The first-order chi connectivity index (χ1) is 12.9. The zero-order chi connectivity index (χ0) is 18.3. The molecule has 0 saturated heterocycles. The Hall–Kier alpha value is -4.24. The maximum Gasteiger partial charge on any atom is 0.0681 e. The van der Waals surface area contributed by atoms with Crippen molar-refractivity contribution in [2.45, 2.75) is 6.61 Å². The van der Waals surface area contributed by atoms with Crippen LogP contribution < -0.4 is 0 Å². The second-order valence-corrected chi connectivity index (χ2v) is 4.72. The summed E-state index contributed by atoms with van der Waals surface area (Å²) in [5.74, 6) is 32.0. The molecule has 2 aromatic carbocycles. The van der Waals surface area contributed by atoms with Crippen molar-refractivity contribution in [2.24, 2.45) is 0 Å². The average Bonchev–Trinajstić information content (AvgIpc) is 2.70. The molecule has 0 spiro atoms. The molecule has 1 heteroatoms. The van der Waals surface area contributed by atoms with Crippen LogP contribution in [0.4, 0.5) is 0 Å². The molecule has 0 amide bonds. The molecule has 0 heterocycles. The molecule has 118 valence electrons. The zero-order valence-electron chi connectivity index (χ0n) is 13.9. The van der Waals surface area contributed by atoms with E-state index in [4.69, 9.17) is 5.11 Å². The number of hydrogen-bond acceptors (Lipinski definition) is 1. The van der Waals surface area contributed by atoms with Crippen LogP contribution in [0.25, 0.3) is 0 Å². The van der Waals surface area contributed by atoms with Gasteiger partial charge in [0.25, 0.3) is 0 Å². The molecule has 2 rings (SSSR count). The summed E-state index contributed by atoms with van der Waals surface area (Å²) in [6, 6.07) is 16.9. The first kappa shape index (κ1) is 18.1. The van der Waals surface area contributed by atoms with E-state index in [2.05, 4.69) is 71.0 Å². The minimum atomic E-state index is 0.0219. The summed E-state index contributed by atoms with van der Waals surface area (Å²) in [6.45, 7) is 0.0219. The Balaban J connectivity index is 1.83. The van der Waals surface area contributed by atoms with Crippen LogP contribution in [0.5, 0.6) is 0 Å². The monoisotopic (exact) mass is 328 g/mol. The van der Waals surface area contributed by atoms with Crippen molar-refractivity contribution in [2.75, 3.05) is 0 Å². The minimum absolute atomic E-state index is 0.0219. The Labute approximate surface area is 154 Å². The second kappa shape index (κ2) is 11.3. The lowest BCUT2D eigenvalue weighted by molar-refractivity contribution is 0.282. The first-order valence-corrected chi connectivity index (χ1v) is 7.65. The fourth-order valence-electron chi connectivity index (χ4n) is 1.67. The van der Waals surface area contributed by atoms with Gasteiger partial charge in [-0.2, -0.15) is 0 Å². The maximum absolute atomic E-state index is 8.95. The van der Waals surface area contributed by atoms with Gasteiger partial charge < -0.3 is 5.11 Å². The first-order valence-electron chi connectivity index (χ1n) is 7.65. The van der Waals surface area contributed by atoms with E-state index in [1.807, 2.05) is 54.6 Å². The number of hydrogen-bond donors (Lipinski definition) is 1. The quantitative estimate of drug-likeness (QED) is 0.798. The summed E-state index contributed by atoms with van der Waals surface area (Å²) in [7, 11) is 0. The van der Waals surface area contributed by atoms with Gasteiger partial charge in [-0.25, -0.2) is 0 Å². The van der Waals surface area contributed by atoms with Crippen molar-refractivity contribution in [1.29, 1.82) is 0 Å². The molecule has 0 aliphatic carbocycles. The maximum atomic E-state index is 8.95. The lowest BCUT2D eigenvalue weighted by Crippen LogP contribution is -1.81. The van der Waals surface area contributed by atoms with Crippen LogP contribution in [0.1, 0.15) is 16.7 Å². The van der Waals surface area contributed by atoms with E-state index >= 15 is 0 Å². The predicted octanol–water partition coefficient (Wildman–Crippen LogP) is 2.60.